The standard InChI is InChI=1S/C13H9BF5O/c15-11-4-5-13(16)9(6-11)8-20-12-3-1-2-10(7-12)14(17,18)19/h1-7H,8H2/q-1. The third-order valence-electron chi connectivity index (χ3n) is 2.64. The zero-order valence-corrected chi connectivity index (χ0v) is 10.1. The molecule has 20 heavy (non-hydrogen) atoms. The summed E-state index contributed by atoms with van der Waals surface area (Å²) in [5.74, 6) is -1.37. The van der Waals surface area contributed by atoms with Crippen LogP contribution in [0.25, 0.3) is 0 Å². The molecular weight excluding hydrogens is 278 g/mol. The van der Waals surface area contributed by atoms with Crippen molar-refractivity contribution in [3.63, 3.8) is 0 Å². The lowest BCUT2D eigenvalue weighted by Crippen LogP contribution is -2.33. The Balaban J connectivity index is 2.13. The van der Waals surface area contributed by atoms with Crippen molar-refractivity contribution in [3.8, 4) is 5.75 Å². The molecule has 0 fully saturated rings. The number of ether oxygens (including phenoxy) is 1. The highest BCUT2D eigenvalue weighted by Crippen LogP contribution is 2.17. The molecule has 0 spiro atoms. The van der Waals surface area contributed by atoms with Crippen LogP contribution in [0.5, 0.6) is 5.75 Å². The van der Waals surface area contributed by atoms with Crippen molar-refractivity contribution in [1.29, 1.82) is 0 Å². The number of hydrogen-bond acceptors (Lipinski definition) is 1. The van der Waals surface area contributed by atoms with Gasteiger partial charge in [0.15, 0.2) is 0 Å². The molecule has 0 radical (unpaired) electrons. The molecule has 0 saturated heterocycles. The van der Waals surface area contributed by atoms with E-state index in [9.17, 15) is 21.7 Å². The molecule has 2 aromatic rings. The maximum absolute atomic E-state index is 13.3. The van der Waals surface area contributed by atoms with E-state index in [4.69, 9.17) is 4.74 Å². The number of benzene rings is 2. The van der Waals surface area contributed by atoms with Crippen LogP contribution in [0.4, 0.5) is 21.7 Å². The molecule has 0 aliphatic rings. The SMILES string of the molecule is Fc1ccc(F)c(COc2cccc([B-](F)(F)F)c2)c1. The lowest BCUT2D eigenvalue weighted by atomic mass is 9.80. The molecule has 2 aromatic carbocycles. The molecule has 7 heteroatoms. The first-order valence-electron chi connectivity index (χ1n) is 5.73. The fourth-order valence-corrected chi connectivity index (χ4v) is 1.62. The zero-order valence-electron chi connectivity index (χ0n) is 10.1. The highest BCUT2D eigenvalue weighted by atomic mass is 19.4. The van der Waals surface area contributed by atoms with Crippen LogP contribution in [0.2, 0.25) is 0 Å². The van der Waals surface area contributed by atoms with Crippen LogP contribution in [0.15, 0.2) is 42.5 Å². The molecule has 0 amide bonds. The van der Waals surface area contributed by atoms with Crippen molar-refractivity contribution in [1.82, 2.24) is 0 Å². The van der Waals surface area contributed by atoms with Gasteiger partial charge in [0.1, 0.15) is 24.0 Å². The van der Waals surface area contributed by atoms with Gasteiger partial charge in [-0.05, 0) is 30.3 Å². The fraction of sp³-hybridized carbons (Fsp3) is 0.0769. The number of hydrogen-bond donors (Lipinski definition) is 0. The van der Waals surface area contributed by atoms with Gasteiger partial charge in [0.05, 0.1) is 0 Å². The van der Waals surface area contributed by atoms with Crippen LogP contribution in [0.3, 0.4) is 0 Å². The molecule has 1 nitrogen and oxygen atoms in total. The topological polar surface area (TPSA) is 9.23 Å². The average Bonchev–Trinajstić information content (AvgIpc) is 2.39. The third kappa shape index (κ3) is 3.49. The lowest BCUT2D eigenvalue weighted by Gasteiger charge is -2.16. The van der Waals surface area contributed by atoms with E-state index in [0.29, 0.717) is 0 Å². The van der Waals surface area contributed by atoms with Crippen LogP contribution in [0, 0.1) is 11.6 Å². The van der Waals surface area contributed by atoms with Gasteiger partial charge >= 0.3 is 6.98 Å². The van der Waals surface area contributed by atoms with E-state index in [1.807, 2.05) is 0 Å². The van der Waals surface area contributed by atoms with Crippen molar-refractivity contribution >= 4 is 12.4 Å². The van der Waals surface area contributed by atoms with E-state index in [1.54, 1.807) is 0 Å². The summed E-state index contributed by atoms with van der Waals surface area (Å²) in [6, 6.07) is 7.10. The Morgan fingerprint density at radius 3 is 2.40 bits per heavy atom. The van der Waals surface area contributed by atoms with Crippen LogP contribution in [0.1, 0.15) is 5.56 Å². The van der Waals surface area contributed by atoms with Crippen LogP contribution in [-0.2, 0) is 6.61 Å². The van der Waals surface area contributed by atoms with Crippen LogP contribution >= 0.6 is 0 Å². The Kier molecular flexibility index (Phi) is 3.97. The Morgan fingerprint density at radius 2 is 1.70 bits per heavy atom. The van der Waals surface area contributed by atoms with E-state index in [0.717, 1.165) is 30.3 Å². The maximum Gasteiger partial charge on any atom is 0.509 e. The van der Waals surface area contributed by atoms with Gasteiger partial charge in [0, 0.05) is 5.56 Å². The minimum atomic E-state index is -5.12. The van der Waals surface area contributed by atoms with Gasteiger partial charge in [-0.15, -0.1) is 5.46 Å². The molecule has 2 rings (SSSR count). The predicted molar refractivity (Wildman–Crippen MR) is 65.8 cm³/mol. The first kappa shape index (κ1) is 14.4. The lowest BCUT2D eigenvalue weighted by molar-refractivity contribution is 0.299. The molecule has 0 atom stereocenters. The van der Waals surface area contributed by atoms with E-state index in [-0.39, 0.29) is 17.9 Å². The number of rotatable bonds is 4. The molecular formula is C13H9BF5O-. The highest BCUT2D eigenvalue weighted by Gasteiger charge is 2.25. The summed E-state index contributed by atoms with van der Waals surface area (Å²) >= 11 is 0. The quantitative estimate of drug-likeness (QED) is 0.616. The second-order valence-electron chi connectivity index (χ2n) is 4.17. The summed E-state index contributed by atoms with van der Waals surface area (Å²) in [5.41, 5.74) is -0.866. The largest absolute Gasteiger partial charge is 0.509 e. The summed E-state index contributed by atoms with van der Waals surface area (Å²) in [6.45, 7) is -5.47. The van der Waals surface area contributed by atoms with Crippen molar-refractivity contribution < 1.29 is 26.5 Å². The smallest absolute Gasteiger partial charge is 0.489 e. The summed E-state index contributed by atoms with van der Waals surface area (Å²) in [7, 11) is 0. The van der Waals surface area contributed by atoms with Crippen molar-refractivity contribution in [2.24, 2.45) is 0 Å². The minimum absolute atomic E-state index is 0.0506. The molecule has 106 valence electrons. The van der Waals surface area contributed by atoms with Gasteiger partial charge < -0.3 is 17.7 Å². The normalized spacial score (nSPS) is 11.4. The number of halogens is 5. The maximum atomic E-state index is 13.3. The molecule has 0 bridgehead atoms. The summed E-state index contributed by atoms with van der Waals surface area (Å²) in [6.07, 6.45) is 0. The van der Waals surface area contributed by atoms with Gasteiger partial charge in [-0.2, -0.15) is 0 Å². The molecule has 0 saturated carbocycles. The minimum Gasteiger partial charge on any atom is -0.489 e. The van der Waals surface area contributed by atoms with Gasteiger partial charge in [-0.3, -0.25) is 0 Å². The summed E-state index contributed by atoms with van der Waals surface area (Å²) < 4.78 is 68.9. The van der Waals surface area contributed by atoms with E-state index in [2.05, 4.69) is 0 Å². The Hall–Kier alpha value is -2.05. The fourth-order valence-electron chi connectivity index (χ4n) is 1.62. The molecule has 0 unspecified atom stereocenters. The van der Waals surface area contributed by atoms with Gasteiger partial charge in [-0.1, -0.05) is 12.1 Å². The van der Waals surface area contributed by atoms with Gasteiger partial charge in [0.2, 0.25) is 0 Å². The zero-order chi connectivity index (χ0) is 14.8. The monoisotopic (exact) mass is 287 g/mol. The van der Waals surface area contributed by atoms with Crippen LogP contribution in [-0.4, -0.2) is 6.98 Å². The molecule has 0 aliphatic heterocycles. The Morgan fingerprint density at radius 1 is 0.950 bits per heavy atom. The van der Waals surface area contributed by atoms with Crippen molar-refractivity contribution in [2.45, 2.75) is 6.61 Å². The van der Waals surface area contributed by atoms with E-state index in [1.165, 1.54) is 12.1 Å². The predicted octanol–water partition coefficient (Wildman–Crippen LogP) is 3.60. The Bertz CT molecular complexity index is 612. The first-order valence-corrected chi connectivity index (χ1v) is 5.73. The summed E-state index contributed by atoms with van der Waals surface area (Å²) in [4.78, 5) is 0. The van der Waals surface area contributed by atoms with Gasteiger partial charge in [0.25, 0.3) is 0 Å². The molecule has 0 aliphatic carbocycles. The van der Waals surface area contributed by atoms with E-state index < -0.39 is 24.1 Å². The Labute approximate surface area is 112 Å². The van der Waals surface area contributed by atoms with Crippen molar-refractivity contribution in [2.75, 3.05) is 0 Å². The third-order valence-corrected chi connectivity index (χ3v) is 2.64. The molecule has 0 heterocycles. The first-order chi connectivity index (χ1) is 9.36. The molecule has 0 aromatic heterocycles. The second-order valence-corrected chi connectivity index (χ2v) is 4.17. The van der Waals surface area contributed by atoms with Crippen LogP contribution < -0.4 is 10.2 Å². The molecule has 0 N–H and O–H groups in total. The van der Waals surface area contributed by atoms with E-state index >= 15 is 0 Å². The second kappa shape index (κ2) is 5.52. The average molecular weight is 287 g/mol. The summed E-state index contributed by atoms with van der Waals surface area (Å²) in [5, 5.41) is 0. The highest BCUT2D eigenvalue weighted by molar-refractivity contribution is 6.73. The van der Waals surface area contributed by atoms with Gasteiger partial charge in [-0.25, -0.2) is 8.78 Å². The van der Waals surface area contributed by atoms with Crippen molar-refractivity contribution in [3.05, 3.63) is 59.7 Å².